The topological polar surface area (TPSA) is 21.1 Å². The van der Waals surface area contributed by atoms with E-state index in [2.05, 4.69) is 42.5 Å². The number of fused-ring (bicyclic) bond motifs is 1. The molecule has 1 heterocycles. The molecule has 1 aromatic heterocycles. The van der Waals surface area contributed by atoms with Crippen LogP contribution in [0.15, 0.2) is 24.3 Å². The Labute approximate surface area is 113 Å². The van der Waals surface area contributed by atoms with Crippen molar-refractivity contribution in [3.05, 3.63) is 24.3 Å². The van der Waals surface area contributed by atoms with E-state index in [-0.39, 0.29) is 0 Å². The molecule has 0 N–H and O–H groups in total. The monoisotopic (exact) mass is 265 g/mol. The number of hydrogen-bond acceptors (Lipinski definition) is 2. The van der Waals surface area contributed by atoms with Crippen LogP contribution in [0.1, 0.15) is 20.3 Å². The molecule has 4 heteroatoms. The Hall–Kier alpha value is -1.22. The highest BCUT2D eigenvalue weighted by Gasteiger charge is 2.16. The van der Waals surface area contributed by atoms with E-state index in [4.69, 9.17) is 16.6 Å². The maximum absolute atomic E-state index is 5.80. The molecule has 0 aliphatic rings. The normalized spacial score (nSPS) is 11.4. The smallest absolute Gasteiger partial charge is 0.206 e. The number of aromatic nitrogens is 2. The van der Waals surface area contributed by atoms with Crippen molar-refractivity contribution in [1.29, 1.82) is 0 Å². The third-order valence-corrected chi connectivity index (χ3v) is 3.44. The Morgan fingerprint density at radius 1 is 1.33 bits per heavy atom. The van der Waals surface area contributed by atoms with Crippen LogP contribution in [0.3, 0.4) is 0 Å². The van der Waals surface area contributed by atoms with E-state index in [1.165, 1.54) is 5.52 Å². The molecule has 0 atom stereocenters. The number of hydrogen-bond donors (Lipinski definition) is 0. The van der Waals surface area contributed by atoms with Gasteiger partial charge in [-0.3, -0.25) is 0 Å². The minimum absolute atomic E-state index is 0.420. The van der Waals surface area contributed by atoms with Gasteiger partial charge in [-0.05, 0) is 32.4 Å². The molecule has 0 bridgehead atoms. The highest BCUT2D eigenvalue weighted by atomic mass is 35.5. The quantitative estimate of drug-likeness (QED) is 0.773. The molecule has 2 aromatic rings. The van der Waals surface area contributed by atoms with Gasteiger partial charge in [0, 0.05) is 25.5 Å². The van der Waals surface area contributed by atoms with E-state index in [0.29, 0.717) is 11.9 Å². The van der Waals surface area contributed by atoms with Crippen LogP contribution in [0.4, 0.5) is 5.95 Å². The minimum Gasteiger partial charge on any atom is -0.340 e. The first-order valence-electron chi connectivity index (χ1n) is 6.39. The Balaban J connectivity index is 2.40. The molecule has 0 amide bonds. The number of aryl methyl sites for hydroxylation is 1. The summed E-state index contributed by atoms with van der Waals surface area (Å²) < 4.78 is 2.16. The summed E-state index contributed by atoms with van der Waals surface area (Å²) in [5.41, 5.74) is 2.22. The summed E-state index contributed by atoms with van der Waals surface area (Å²) in [6.07, 6.45) is 0.975. The molecular weight excluding hydrogens is 246 g/mol. The van der Waals surface area contributed by atoms with Gasteiger partial charge in [-0.15, -0.1) is 11.6 Å². The first kappa shape index (κ1) is 13.2. The maximum atomic E-state index is 5.80. The number of alkyl halides is 1. The average molecular weight is 266 g/mol. The lowest BCUT2D eigenvalue weighted by Gasteiger charge is -2.27. The Bertz CT molecular complexity index is 519. The number of anilines is 1. The van der Waals surface area contributed by atoms with Gasteiger partial charge in [-0.1, -0.05) is 12.1 Å². The summed E-state index contributed by atoms with van der Waals surface area (Å²) in [4.78, 5) is 7.04. The lowest BCUT2D eigenvalue weighted by Crippen LogP contribution is -2.34. The van der Waals surface area contributed by atoms with Gasteiger partial charge in [-0.2, -0.15) is 0 Å². The van der Waals surface area contributed by atoms with Gasteiger partial charge < -0.3 is 9.47 Å². The molecule has 0 aliphatic heterocycles. The summed E-state index contributed by atoms with van der Waals surface area (Å²) in [7, 11) is 2.07. The average Bonchev–Trinajstić information content (AvgIpc) is 2.68. The zero-order chi connectivity index (χ0) is 13.1. The Kier molecular flexibility index (Phi) is 4.12. The lowest BCUT2D eigenvalue weighted by atomic mass is 10.3. The van der Waals surface area contributed by atoms with Gasteiger partial charge in [0.1, 0.15) is 0 Å². The fraction of sp³-hybridized carbons (Fsp3) is 0.500. The van der Waals surface area contributed by atoms with Crippen LogP contribution in [0.2, 0.25) is 0 Å². The van der Waals surface area contributed by atoms with Crippen molar-refractivity contribution in [3.63, 3.8) is 0 Å². The van der Waals surface area contributed by atoms with Crippen molar-refractivity contribution in [3.8, 4) is 0 Å². The van der Waals surface area contributed by atoms with Gasteiger partial charge in [0.15, 0.2) is 0 Å². The number of para-hydroxylation sites is 2. The highest BCUT2D eigenvalue weighted by Crippen LogP contribution is 2.22. The first-order valence-corrected chi connectivity index (χ1v) is 6.92. The van der Waals surface area contributed by atoms with Crippen LogP contribution in [0.5, 0.6) is 0 Å². The van der Waals surface area contributed by atoms with E-state index in [1.807, 2.05) is 12.1 Å². The molecule has 3 nitrogen and oxygen atoms in total. The summed E-state index contributed by atoms with van der Waals surface area (Å²) in [5, 5.41) is 0. The van der Waals surface area contributed by atoms with Crippen LogP contribution in [-0.2, 0) is 7.05 Å². The van der Waals surface area contributed by atoms with Crippen molar-refractivity contribution >= 4 is 28.6 Å². The van der Waals surface area contributed by atoms with Crippen LogP contribution in [-0.4, -0.2) is 28.0 Å². The number of benzene rings is 1. The zero-order valence-electron chi connectivity index (χ0n) is 11.2. The fourth-order valence-electron chi connectivity index (χ4n) is 2.21. The van der Waals surface area contributed by atoms with Crippen LogP contribution in [0.25, 0.3) is 11.0 Å². The van der Waals surface area contributed by atoms with Gasteiger partial charge in [-0.25, -0.2) is 4.98 Å². The molecule has 2 rings (SSSR count). The van der Waals surface area contributed by atoms with E-state index in [1.54, 1.807) is 0 Å². The van der Waals surface area contributed by atoms with Gasteiger partial charge in [0.05, 0.1) is 11.0 Å². The molecular formula is C14H20ClN3. The SMILES string of the molecule is CC(C)N(CCCCl)c1nc2ccccc2n1C. The summed E-state index contributed by atoms with van der Waals surface area (Å²) in [6, 6.07) is 8.65. The second-order valence-corrected chi connectivity index (χ2v) is 5.17. The Morgan fingerprint density at radius 2 is 2.06 bits per heavy atom. The molecule has 0 unspecified atom stereocenters. The highest BCUT2D eigenvalue weighted by molar-refractivity contribution is 6.17. The molecule has 98 valence electrons. The standard InChI is InChI=1S/C14H20ClN3/c1-11(2)18(10-6-9-15)14-16-12-7-4-5-8-13(12)17(14)3/h4-5,7-8,11H,6,9-10H2,1-3H3. The molecule has 0 spiro atoms. The number of rotatable bonds is 5. The van der Waals surface area contributed by atoms with E-state index < -0.39 is 0 Å². The third-order valence-electron chi connectivity index (χ3n) is 3.18. The summed E-state index contributed by atoms with van der Waals surface area (Å²) in [5.74, 6) is 1.71. The molecule has 0 aliphatic carbocycles. The van der Waals surface area contributed by atoms with Crippen LogP contribution >= 0.6 is 11.6 Å². The summed E-state index contributed by atoms with van der Waals surface area (Å²) in [6.45, 7) is 5.32. The van der Waals surface area contributed by atoms with Gasteiger partial charge >= 0.3 is 0 Å². The van der Waals surface area contributed by atoms with Gasteiger partial charge in [0.2, 0.25) is 5.95 Å². The van der Waals surface area contributed by atoms with Crippen molar-refractivity contribution in [2.75, 3.05) is 17.3 Å². The van der Waals surface area contributed by atoms with Crippen molar-refractivity contribution in [1.82, 2.24) is 9.55 Å². The van der Waals surface area contributed by atoms with E-state index in [0.717, 1.165) is 24.4 Å². The van der Waals surface area contributed by atoms with Gasteiger partial charge in [0.25, 0.3) is 0 Å². The van der Waals surface area contributed by atoms with Crippen molar-refractivity contribution in [2.24, 2.45) is 7.05 Å². The molecule has 0 fully saturated rings. The first-order chi connectivity index (χ1) is 8.65. The predicted octanol–water partition coefficient (Wildman–Crippen LogP) is 3.42. The maximum Gasteiger partial charge on any atom is 0.206 e. The molecule has 1 aromatic carbocycles. The number of halogens is 1. The fourth-order valence-corrected chi connectivity index (χ4v) is 2.33. The van der Waals surface area contributed by atoms with E-state index in [9.17, 15) is 0 Å². The molecule has 0 saturated carbocycles. The number of nitrogens with zero attached hydrogens (tertiary/aromatic N) is 3. The van der Waals surface area contributed by atoms with Crippen molar-refractivity contribution < 1.29 is 0 Å². The van der Waals surface area contributed by atoms with Crippen LogP contribution in [0, 0.1) is 0 Å². The summed E-state index contributed by atoms with van der Waals surface area (Å²) >= 11 is 5.80. The zero-order valence-corrected chi connectivity index (χ0v) is 12.0. The molecule has 0 saturated heterocycles. The largest absolute Gasteiger partial charge is 0.340 e. The second kappa shape index (κ2) is 5.61. The second-order valence-electron chi connectivity index (χ2n) is 4.79. The Morgan fingerprint density at radius 3 is 2.67 bits per heavy atom. The lowest BCUT2D eigenvalue weighted by molar-refractivity contribution is 0.641. The predicted molar refractivity (Wildman–Crippen MR) is 78.5 cm³/mol. The van der Waals surface area contributed by atoms with Crippen LogP contribution < -0.4 is 4.90 Å². The molecule has 0 radical (unpaired) electrons. The van der Waals surface area contributed by atoms with Crippen molar-refractivity contribution in [2.45, 2.75) is 26.3 Å². The van der Waals surface area contributed by atoms with E-state index >= 15 is 0 Å². The molecule has 18 heavy (non-hydrogen) atoms. The minimum atomic E-state index is 0.420. The third kappa shape index (κ3) is 2.46. The number of imidazole rings is 1.